The molecule has 2 N–H and O–H groups in total. The van der Waals surface area contributed by atoms with Crippen molar-refractivity contribution in [1.29, 1.82) is 0 Å². The Morgan fingerprint density at radius 3 is 2.62 bits per heavy atom. The Morgan fingerprint density at radius 2 is 2.00 bits per heavy atom. The molecule has 1 aromatic rings. The predicted octanol–water partition coefficient (Wildman–Crippen LogP) is 1.69. The largest absolute Gasteiger partial charge is 0.392 e. The van der Waals surface area contributed by atoms with Crippen LogP contribution in [0.2, 0.25) is 0 Å². The first-order valence-electron chi connectivity index (χ1n) is 5.68. The van der Waals surface area contributed by atoms with Crippen molar-refractivity contribution in [1.82, 2.24) is 5.32 Å². The van der Waals surface area contributed by atoms with E-state index >= 15 is 0 Å². The lowest BCUT2D eigenvalue weighted by Crippen LogP contribution is -2.27. The number of hydrogen-bond acceptors (Lipinski definition) is 3. The summed E-state index contributed by atoms with van der Waals surface area (Å²) in [6.07, 6.45) is 0.998. The summed E-state index contributed by atoms with van der Waals surface area (Å²) < 4.78 is 5.03. The summed E-state index contributed by atoms with van der Waals surface area (Å²) in [5, 5.41) is 12.6. The Kier molecular flexibility index (Phi) is 6.08. The fraction of sp³-hybridized carbons (Fsp3) is 0.538. The fourth-order valence-corrected chi connectivity index (χ4v) is 1.57. The number of benzene rings is 1. The summed E-state index contributed by atoms with van der Waals surface area (Å²) in [6, 6.07) is 8.37. The molecule has 0 spiro atoms. The molecule has 16 heavy (non-hydrogen) atoms. The van der Waals surface area contributed by atoms with Crippen molar-refractivity contribution in [3.63, 3.8) is 0 Å². The van der Waals surface area contributed by atoms with Gasteiger partial charge in [0.05, 0.1) is 6.61 Å². The maximum absolute atomic E-state index is 9.18. The molecule has 1 atom stereocenters. The van der Waals surface area contributed by atoms with E-state index in [-0.39, 0.29) is 6.61 Å². The number of ether oxygens (including phenoxy) is 1. The van der Waals surface area contributed by atoms with Gasteiger partial charge in [0.15, 0.2) is 0 Å². The third-order valence-corrected chi connectivity index (χ3v) is 2.68. The molecule has 3 heteroatoms. The highest BCUT2D eigenvalue weighted by Gasteiger charge is 2.03. The topological polar surface area (TPSA) is 41.5 Å². The van der Waals surface area contributed by atoms with Crippen LogP contribution >= 0.6 is 0 Å². The molecule has 0 saturated carbocycles. The van der Waals surface area contributed by atoms with E-state index in [1.165, 1.54) is 0 Å². The maximum atomic E-state index is 9.18. The fourth-order valence-electron chi connectivity index (χ4n) is 1.57. The molecule has 0 aliphatic carbocycles. The van der Waals surface area contributed by atoms with Crippen molar-refractivity contribution in [2.45, 2.75) is 32.5 Å². The molecule has 90 valence electrons. The van der Waals surface area contributed by atoms with Gasteiger partial charge in [-0.05, 0) is 24.5 Å². The van der Waals surface area contributed by atoms with Crippen molar-refractivity contribution < 1.29 is 9.84 Å². The second kappa shape index (κ2) is 7.39. The number of methoxy groups -OCH3 is 1. The van der Waals surface area contributed by atoms with Crippen LogP contribution in [-0.4, -0.2) is 24.9 Å². The zero-order chi connectivity index (χ0) is 11.8. The number of aliphatic hydroxyl groups excluding tert-OH is 1. The Hall–Kier alpha value is -0.900. The normalized spacial score (nSPS) is 12.7. The third-order valence-electron chi connectivity index (χ3n) is 2.68. The molecule has 1 unspecified atom stereocenters. The van der Waals surface area contributed by atoms with Crippen molar-refractivity contribution >= 4 is 0 Å². The molecule has 0 radical (unpaired) electrons. The van der Waals surface area contributed by atoms with Crippen molar-refractivity contribution in [2.75, 3.05) is 13.7 Å². The van der Waals surface area contributed by atoms with Gasteiger partial charge in [0.25, 0.3) is 0 Å². The average Bonchev–Trinajstić information content (AvgIpc) is 2.34. The predicted molar refractivity (Wildman–Crippen MR) is 65.2 cm³/mol. The van der Waals surface area contributed by atoms with Crippen molar-refractivity contribution in [2.24, 2.45) is 0 Å². The van der Waals surface area contributed by atoms with Gasteiger partial charge in [-0.3, -0.25) is 0 Å². The van der Waals surface area contributed by atoms with Gasteiger partial charge in [-0.25, -0.2) is 0 Å². The summed E-state index contributed by atoms with van der Waals surface area (Å²) in [7, 11) is 1.72. The molecular formula is C13H21NO2. The molecular weight excluding hydrogens is 202 g/mol. The van der Waals surface area contributed by atoms with Crippen LogP contribution in [0.5, 0.6) is 0 Å². The van der Waals surface area contributed by atoms with E-state index in [0.717, 1.165) is 30.7 Å². The van der Waals surface area contributed by atoms with Crippen LogP contribution < -0.4 is 5.32 Å². The van der Waals surface area contributed by atoms with E-state index in [1.54, 1.807) is 7.11 Å². The molecule has 0 saturated heterocycles. The molecule has 0 aromatic heterocycles. The Bertz CT molecular complexity index is 302. The quantitative estimate of drug-likeness (QED) is 0.739. The second-order valence-electron chi connectivity index (χ2n) is 3.99. The molecule has 0 aliphatic rings. The summed E-state index contributed by atoms with van der Waals surface area (Å²) in [5.74, 6) is 0. The molecule has 0 fully saturated rings. The highest BCUT2D eigenvalue weighted by Crippen LogP contribution is 2.08. The van der Waals surface area contributed by atoms with Crippen LogP contribution in [0.4, 0.5) is 0 Å². The molecule has 3 nitrogen and oxygen atoms in total. The molecule has 0 aliphatic heterocycles. The smallest absolute Gasteiger partial charge is 0.0685 e. The standard InChI is InChI=1S/C13H21NO2/c1-11(7-8-16-2)14-9-12-5-3-4-6-13(12)10-15/h3-6,11,14-15H,7-10H2,1-2H3. The molecule has 0 bridgehead atoms. The minimum absolute atomic E-state index is 0.101. The van der Waals surface area contributed by atoms with Gasteiger partial charge in [-0.1, -0.05) is 24.3 Å². The zero-order valence-electron chi connectivity index (χ0n) is 10.1. The number of rotatable bonds is 7. The van der Waals surface area contributed by atoms with Gasteiger partial charge in [-0.2, -0.15) is 0 Å². The number of nitrogens with one attached hydrogen (secondary N) is 1. The maximum Gasteiger partial charge on any atom is 0.0685 e. The Balaban J connectivity index is 2.41. The lowest BCUT2D eigenvalue weighted by Gasteiger charge is -2.14. The lowest BCUT2D eigenvalue weighted by molar-refractivity contribution is 0.184. The molecule has 1 rings (SSSR count). The van der Waals surface area contributed by atoms with Crippen LogP contribution in [0.3, 0.4) is 0 Å². The number of hydrogen-bond donors (Lipinski definition) is 2. The Labute approximate surface area is 97.4 Å². The first-order chi connectivity index (χ1) is 7.77. The van der Waals surface area contributed by atoms with Crippen LogP contribution in [0.15, 0.2) is 24.3 Å². The molecule has 0 heterocycles. The van der Waals surface area contributed by atoms with Crippen LogP contribution in [0, 0.1) is 0 Å². The summed E-state index contributed by atoms with van der Waals surface area (Å²) in [4.78, 5) is 0. The van der Waals surface area contributed by atoms with Gasteiger partial charge < -0.3 is 15.2 Å². The third kappa shape index (κ3) is 4.31. The van der Waals surface area contributed by atoms with Crippen LogP contribution in [-0.2, 0) is 17.9 Å². The van der Waals surface area contributed by atoms with Gasteiger partial charge >= 0.3 is 0 Å². The second-order valence-corrected chi connectivity index (χ2v) is 3.99. The monoisotopic (exact) mass is 223 g/mol. The Morgan fingerprint density at radius 1 is 1.31 bits per heavy atom. The molecule has 1 aromatic carbocycles. The highest BCUT2D eigenvalue weighted by atomic mass is 16.5. The van der Waals surface area contributed by atoms with Crippen LogP contribution in [0.1, 0.15) is 24.5 Å². The zero-order valence-corrected chi connectivity index (χ0v) is 10.1. The SMILES string of the molecule is COCCC(C)NCc1ccccc1CO. The van der Waals surface area contributed by atoms with E-state index in [1.807, 2.05) is 24.3 Å². The van der Waals surface area contributed by atoms with Crippen molar-refractivity contribution in [3.05, 3.63) is 35.4 Å². The van der Waals surface area contributed by atoms with E-state index in [0.29, 0.717) is 6.04 Å². The first-order valence-corrected chi connectivity index (χ1v) is 5.68. The van der Waals surface area contributed by atoms with Gasteiger partial charge in [0.2, 0.25) is 0 Å². The minimum Gasteiger partial charge on any atom is -0.392 e. The molecule has 0 amide bonds. The highest BCUT2D eigenvalue weighted by molar-refractivity contribution is 5.26. The average molecular weight is 223 g/mol. The van der Waals surface area contributed by atoms with Gasteiger partial charge in [0, 0.05) is 26.3 Å². The first kappa shape index (κ1) is 13.2. The number of aliphatic hydroxyl groups is 1. The lowest BCUT2D eigenvalue weighted by atomic mass is 10.1. The van der Waals surface area contributed by atoms with Gasteiger partial charge in [-0.15, -0.1) is 0 Å². The van der Waals surface area contributed by atoms with E-state index in [4.69, 9.17) is 4.74 Å². The van der Waals surface area contributed by atoms with Crippen molar-refractivity contribution in [3.8, 4) is 0 Å². The summed E-state index contributed by atoms with van der Waals surface area (Å²) in [5.41, 5.74) is 2.16. The van der Waals surface area contributed by atoms with E-state index in [2.05, 4.69) is 12.2 Å². The van der Waals surface area contributed by atoms with Gasteiger partial charge in [0.1, 0.15) is 0 Å². The van der Waals surface area contributed by atoms with E-state index in [9.17, 15) is 5.11 Å². The minimum atomic E-state index is 0.101. The summed E-state index contributed by atoms with van der Waals surface area (Å²) in [6.45, 7) is 3.81. The van der Waals surface area contributed by atoms with E-state index < -0.39 is 0 Å². The summed E-state index contributed by atoms with van der Waals surface area (Å²) >= 11 is 0. The van der Waals surface area contributed by atoms with Crippen LogP contribution in [0.25, 0.3) is 0 Å².